The van der Waals surface area contributed by atoms with Gasteiger partial charge < -0.3 is 15.5 Å². The van der Waals surface area contributed by atoms with Crippen molar-refractivity contribution in [1.29, 1.82) is 0 Å². The minimum atomic E-state index is 0.478. The summed E-state index contributed by atoms with van der Waals surface area (Å²) in [5, 5.41) is 3.55. The first-order chi connectivity index (χ1) is 8.76. The molecule has 104 valence electrons. The number of hydrogen-bond acceptors (Lipinski definition) is 3. The van der Waals surface area contributed by atoms with E-state index in [9.17, 15) is 0 Å². The lowest BCUT2D eigenvalue weighted by atomic mass is 9.97. The van der Waals surface area contributed by atoms with Gasteiger partial charge in [0, 0.05) is 12.5 Å². The largest absolute Gasteiger partial charge is 0.469 e. The highest BCUT2D eigenvalue weighted by atomic mass is 16.3. The number of hydrogen-bond donors (Lipinski definition) is 2. The van der Waals surface area contributed by atoms with E-state index in [4.69, 9.17) is 10.2 Å². The number of nitrogens with one attached hydrogen (secondary N) is 1. The Balaban J connectivity index is 2.06. The van der Waals surface area contributed by atoms with Gasteiger partial charge in [0.2, 0.25) is 0 Å². The molecule has 0 spiro atoms. The topological polar surface area (TPSA) is 51.2 Å². The maximum absolute atomic E-state index is 5.61. The molecule has 3 N–H and O–H groups in total. The standard InChI is InChI=1S/C15H28N2O/c1-3-14(8-9-16)6-4-10-17-13(2)12-15-7-5-11-18-15/h5,7,11,13-14,17H,3-4,6,8-10,12,16H2,1-2H3. The van der Waals surface area contributed by atoms with Gasteiger partial charge in [-0.3, -0.25) is 0 Å². The highest BCUT2D eigenvalue weighted by Gasteiger charge is 2.07. The highest BCUT2D eigenvalue weighted by Crippen LogP contribution is 2.14. The zero-order chi connectivity index (χ0) is 13.2. The Hall–Kier alpha value is -0.800. The van der Waals surface area contributed by atoms with E-state index in [1.165, 1.54) is 25.7 Å². The third-order valence-corrected chi connectivity index (χ3v) is 3.52. The van der Waals surface area contributed by atoms with Crippen LogP contribution in [0.25, 0.3) is 0 Å². The molecule has 0 aliphatic carbocycles. The molecule has 0 saturated heterocycles. The first-order valence-corrected chi connectivity index (χ1v) is 7.22. The van der Waals surface area contributed by atoms with Crippen LogP contribution in [0.15, 0.2) is 22.8 Å². The maximum atomic E-state index is 5.61. The van der Waals surface area contributed by atoms with E-state index < -0.39 is 0 Å². The molecular formula is C15H28N2O. The third-order valence-electron chi connectivity index (χ3n) is 3.52. The summed E-state index contributed by atoms with van der Waals surface area (Å²) in [6.45, 7) is 6.37. The summed E-state index contributed by atoms with van der Waals surface area (Å²) < 4.78 is 5.34. The molecule has 0 fully saturated rings. The number of rotatable bonds is 10. The van der Waals surface area contributed by atoms with Gasteiger partial charge in [0.1, 0.15) is 5.76 Å². The predicted molar refractivity (Wildman–Crippen MR) is 76.6 cm³/mol. The van der Waals surface area contributed by atoms with Crippen molar-refractivity contribution >= 4 is 0 Å². The second kappa shape index (κ2) is 9.17. The van der Waals surface area contributed by atoms with Crippen molar-refractivity contribution in [2.75, 3.05) is 13.1 Å². The van der Waals surface area contributed by atoms with Crippen LogP contribution >= 0.6 is 0 Å². The van der Waals surface area contributed by atoms with Gasteiger partial charge in [-0.15, -0.1) is 0 Å². The summed E-state index contributed by atoms with van der Waals surface area (Å²) in [6, 6.07) is 4.46. The molecule has 0 aliphatic rings. The highest BCUT2D eigenvalue weighted by molar-refractivity contribution is 4.99. The van der Waals surface area contributed by atoms with Crippen LogP contribution in [0.2, 0.25) is 0 Å². The lowest BCUT2D eigenvalue weighted by Crippen LogP contribution is -2.29. The fraction of sp³-hybridized carbons (Fsp3) is 0.733. The van der Waals surface area contributed by atoms with Crippen molar-refractivity contribution < 1.29 is 4.42 Å². The van der Waals surface area contributed by atoms with Crippen molar-refractivity contribution in [3.05, 3.63) is 24.2 Å². The van der Waals surface area contributed by atoms with Gasteiger partial charge in [0.25, 0.3) is 0 Å². The van der Waals surface area contributed by atoms with Gasteiger partial charge in [0.15, 0.2) is 0 Å². The van der Waals surface area contributed by atoms with E-state index in [0.717, 1.165) is 31.2 Å². The number of furan rings is 1. The van der Waals surface area contributed by atoms with Gasteiger partial charge >= 0.3 is 0 Å². The van der Waals surface area contributed by atoms with Crippen molar-refractivity contribution in [2.24, 2.45) is 11.7 Å². The average Bonchev–Trinajstić information content (AvgIpc) is 2.85. The summed E-state index contributed by atoms with van der Waals surface area (Å²) in [5.74, 6) is 1.86. The van der Waals surface area contributed by atoms with Gasteiger partial charge in [-0.1, -0.05) is 13.3 Å². The van der Waals surface area contributed by atoms with Crippen LogP contribution in [0, 0.1) is 5.92 Å². The van der Waals surface area contributed by atoms with Crippen molar-refractivity contribution in [3.63, 3.8) is 0 Å². The Morgan fingerprint density at radius 2 is 2.22 bits per heavy atom. The fourth-order valence-corrected chi connectivity index (χ4v) is 2.33. The van der Waals surface area contributed by atoms with Crippen LogP contribution in [-0.2, 0) is 6.42 Å². The molecule has 1 aromatic heterocycles. The summed E-state index contributed by atoms with van der Waals surface area (Å²) in [5.41, 5.74) is 5.61. The molecule has 1 aromatic rings. The monoisotopic (exact) mass is 252 g/mol. The smallest absolute Gasteiger partial charge is 0.105 e. The molecule has 2 atom stereocenters. The van der Waals surface area contributed by atoms with E-state index >= 15 is 0 Å². The molecule has 0 saturated carbocycles. The maximum Gasteiger partial charge on any atom is 0.105 e. The van der Waals surface area contributed by atoms with E-state index in [1.54, 1.807) is 6.26 Å². The Morgan fingerprint density at radius 1 is 1.39 bits per heavy atom. The summed E-state index contributed by atoms with van der Waals surface area (Å²) >= 11 is 0. The minimum absolute atomic E-state index is 0.478. The van der Waals surface area contributed by atoms with Crippen LogP contribution in [-0.4, -0.2) is 19.1 Å². The van der Waals surface area contributed by atoms with Gasteiger partial charge in [-0.05, 0) is 57.3 Å². The van der Waals surface area contributed by atoms with E-state index in [0.29, 0.717) is 6.04 Å². The molecule has 3 nitrogen and oxygen atoms in total. The van der Waals surface area contributed by atoms with Crippen LogP contribution < -0.4 is 11.1 Å². The Kier molecular flexibility index (Phi) is 7.78. The third kappa shape index (κ3) is 6.22. The second-order valence-corrected chi connectivity index (χ2v) is 5.13. The number of nitrogens with two attached hydrogens (primary N) is 1. The molecule has 0 aliphatic heterocycles. The molecule has 1 rings (SSSR count). The molecule has 0 bridgehead atoms. The first kappa shape index (κ1) is 15.3. The van der Waals surface area contributed by atoms with Crippen molar-refractivity contribution in [2.45, 2.75) is 52.0 Å². The predicted octanol–water partition coefficient (Wildman–Crippen LogP) is 2.96. The minimum Gasteiger partial charge on any atom is -0.469 e. The second-order valence-electron chi connectivity index (χ2n) is 5.13. The summed E-state index contributed by atoms with van der Waals surface area (Å²) in [6.07, 6.45) is 7.64. The Bertz CT molecular complexity index is 285. The molecule has 3 heteroatoms. The van der Waals surface area contributed by atoms with Crippen LogP contribution in [0.5, 0.6) is 0 Å². The van der Waals surface area contributed by atoms with Crippen LogP contribution in [0.1, 0.15) is 45.3 Å². The molecule has 0 radical (unpaired) electrons. The zero-order valence-corrected chi connectivity index (χ0v) is 11.8. The first-order valence-electron chi connectivity index (χ1n) is 7.22. The van der Waals surface area contributed by atoms with E-state index in [2.05, 4.69) is 19.2 Å². The van der Waals surface area contributed by atoms with Crippen LogP contribution in [0.4, 0.5) is 0 Å². The summed E-state index contributed by atoms with van der Waals surface area (Å²) in [4.78, 5) is 0. The van der Waals surface area contributed by atoms with Gasteiger partial charge in [-0.2, -0.15) is 0 Å². The average molecular weight is 252 g/mol. The van der Waals surface area contributed by atoms with E-state index in [1.807, 2.05) is 12.1 Å². The zero-order valence-electron chi connectivity index (χ0n) is 11.8. The molecule has 0 aromatic carbocycles. The molecule has 0 amide bonds. The van der Waals surface area contributed by atoms with Gasteiger partial charge in [-0.25, -0.2) is 0 Å². The lowest BCUT2D eigenvalue weighted by molar-refractivity contribution is 0.406. The summed E-state index contributed by atoms with van der Waals surface area (Å²) in [7, 11) is 0. The Morgan fingerprint density at radius 3 is 2.83 bits per heavy atom. The lowest BCUT2D eigenvalue weighted by Gasteiger charge is -2.15. The van der Waals surface area contributed by atoms with Gasteiger partial charge in [0.05, 0.1) is 6.26 Å². The molecule has 2 unspecified atom stereocenters. The SMILES string of the molecule is CCC(CCN)CCCNC(C)Cc1ccco1. The normalized spacial score (nSPS) is 14.6. The van der Waals surface area contributed by atoms with Crippen molar-refractivity contribution in [3.8, 4) is 0 Å². The molecule has 1 heterocycles. The van der Waals surface area contributed by atoms with Crippen molar-refractivity contribution in [1.82, 2.24) is 5.32 Å². The quantitative estimate of drug-likeness (QED) is 0.629. The fourth-order valence-electron chi connectivity index (χ4n) is 2.33. The van der Waals surface area contributed by atoms with Crippen LogP contribution in [0.3, 0.4) is 0 Å². The Labute approximate surface area is 111 Å². The molecular weight excluding hydrogens is 224 g/mol. The van der Waals surface area contributed by atoms with E-state index in [-0.39, 0.29) is 0 Å². The molecule has 18 heavy (non-hydrogen) atoms.